The number of esters is 1. The Bertz CT molecular complexity index is 509. The number of ether oxygens (including phenoxy) is 1. The van der Waals surface area contributed by atoms with E-state index in [-0.39, 0.29) is 23.1 Å². The van der Waals surface area contributed by atoms with E-state index in [1.165, 1.54) is 24.9 Å². The van der Waals surface area contributed by atoms with Crippen LogP contribution in [0.15, 0.2) is 29.2 Å². The molecule has 1 saturated carbocycles. The van der Waals surface area contributed by atoms with Gasteiger partial charge in [0.25, 0.3) is 0 Å². The molecule has 0 aliphatic heterocycles. The summed E-state index contributed by atoms with van der Waals surface area (Å²) in [5, 5.41) is 3.57. The van der Waals surface area contributed by atoms with Crippen LogP contribution in [-0.2, 0) is 9.53 Å². The zero-order valence-corrected chi connectivity index (χ0v) is 13.5. The summed E-state index contributed by atoms with van der Waals surface area (Å²) >= 11 is 1.51. The number of benzene rings is 1. The number of hydrogen-bond donors (Lipinski definition) is 1. The average molecular weight is 311 g/mol. The van der Waals surface area contributed by atoms with Crippen molar-refractivity contribution in [1.82, 2.24) is 5.32 Å². The van der Waals surface area contributed by atoms with Gasteiger partial charge in [-0.1, -0.05) is 12.1 Å². The molecule has 5 heteroatoms. The van der Waals surface area contributed by atoms with Gasteiger partial charge < -0.3 is 4.74 Å². The van der Waals surface area contributed by atoms with Crippen molar-refractivity contribution in [1.29, 1.82) is 0 Å². The summed E-state index contributed by atoms with van der Waals surface area (Å²) < 4.78 is 18.7. The van der Waals surface area contributed by atoms with E-state index in [0.717, 1.165) is 12.8 Å². The highest BCUT2D eigenvalue weighted by molar-refractivity contribution is 8.00. The second-order valence-corrected chi connectivity index (χ2v) is 7.13. The summed E-state index contributed by atoms with van der Waals surface area (Å²) in [6, 6.07) is 6.97. The number of thioether (sulfide) groups is 1. The second kappa shape index (κ2) is 6.79. The minimum absolute atomic E-state index is 0.196. The average Bonchev–Trinajstić information content (AvgIpc) is 2.84. The van der Waals surface area contributed by atoms with E-state index in [4.69, 9.17) is 4.74 Å². The third-order valence-corrected chi connectivity index (χ3v) is 5.06. The Morgan fingerprint density at radius 2 is 2.19 bits per heavy atom. The molecule has 1 fully saturated rings. The molecule has 21 heavy (non-hydrogen) atoms. The van der Waals surface area contributed by atoms with Crippen LogP contribution in [0.3, 0.4) is 0 Å². The predicted octanol–water partition coefficient (Wildman–Crippen LogP) is 3.38. The summed E-state index contributed by atoms with van der Waals surface area (Å²) in [5.41, 5.74) is -0.633. The van der Waals surface area contributed by atoms with E-state index in [1.54, 1.807) is 12.1 Å². The van der Waals surface area contributed by atoms with Crippen molar-refractivity contribution in [3.8, 4) is 0 Å². The smallest absolute Gasteiger partial charge is 0.326 e. The van der Waals surface area contributed by atoms with Gasteiger partial charge in [-0.3, -0.25) is 10.1 Å². The van der Waals surface area contributed by atoms with Crippen LogP contribution in [0, 0.1) is 5.82 Å². The van der Waals surface area contributed by atoms with Gasteiger partial charge in [0.2, 0.25) is 0 Å². The van der Waals surface area contributed by atoms with Gasteiger partial charge >= 0.3 is 5.97 Å². The lowest BCUT2D eigenvalue weighted by Crippen LogP contribution is -2.53. The van der Waals surface area contributed by atoms with E-state index in [0.29, 0.717) is 11.3 Å². The van der Waals surface area contributed by atoms with Gasteiger partial charge in [-0.2, -0.15) is 0 Å². The summed E-state index contributed by atoms with van der Waals surface area (Å²) in [4.78, 5) is 12.8. The fraction of sp³-hybridized carbons (Fsp3) is 0.562. The molecule has 116 valence electrons. The standard InChI is InChI=1S/C16H22FNO2S/c1-11(2)18-16(15(19)20-3)9-8-12(10-16)21-14-7-5-4-6-13(14)17/h4-7,11-12,18H,8-10H2,1-3H3. The van der Waals surface area contributed by atoms with Crippen LogP contribution in [0.2, 0.25) is 0 Å². The van der Waals surface area contributed by atoms with E-state index in [9.17, 15) is 9.18 Å². The van der Waals surface area contributed by atoms with E-state index in [1.807, 2.05) is 19.9 Å². The number of carbonyl (C=O) groups excluding carboxylic acids is 1. The topological polar surface area (TPSA) is 38.3 Å². The highest BCUT2D eigenvalue weighted by Gasteiger charge is 2.46. The Morgan fingerprint density at radius 3 is 2.81 bits per heavy atom. The number of rotatable bonds is 5. The van der Waals surface area contributed by atoms with Crippen LogP contribution in [0.4, 0.5) is 4.39 Å². The Labute approximate surface area is 129 Å². The molecular formula is C16H22FNO2S. The molecule has 1 aromatic carbocycles. The van der Waals surface area contributed by atoms with Gasteiger partial charge in [0.05, 0.1) is 7.11 Å². The lowest BCUT2D eigenvalue weighted by molar-refractivity contribution is -0.148. The van der Waals surface area contributed by atoms with Crippen molar-refractivity contribution in [2.45, 2.75) is 54.8 Å². The van der Waals surface area contributed by atoms with E-state index >= 15 is 0 Å². The Hall–Kier alpha value is -1.07. The van der Waals surface area contributed by atoms with Crippen LogP contribution < -0.4 is 5.32 Å². The van der Waals surface area contributed by atoms with Crippen molar-refractivity contribution < 1.29 is 13.9 Å². The van der Waals surface area contributed by atoms with Crippen LogP contribution in [0.1, 0.15) is 33.1 Å². The molecule has 1 aromatic rings. The lowest BCUT2D eigenvalue weighted by atomic mass is 9.96. The largest absolute Gasteiger partial charge is 0.468 e. The number of methoxy groups -OCH3 is 1. The zero-order valence-electron chi connectivity index (χ0n) is 12.7. The molecule has 0 spiro atoms. The quantitative estimate of drug-likeness (QED) is 0.846. The zero-order chi connectivity index (χ0) is 15.5. The fourth-order valence-electron chi connectivity index (χ4n) is 2.94. The van der Waals surface area contributed by atoms with E-state index in [2.05, 4.69) is 5.32 Å². The van der Waals surface area contributed by atoms with Gasteiger partial charge in [-0.25, -0.2) is 4.39 Å². The van der Waals surface area contributed by atoms with Gasteiger partial charge in [-0.15, -0.1) is 11.8 Å². The molecule has 3 nitrogen and oxygen atoms in total. The molecule has 0 heterocycles. The first-order chi connectivity index (χ1) is 9.97. The molecule has 1 aliphatic rings. The number of nitrogens with one attached hydrogen (secondary N) is 1. The maximum atomic E-state index is 13.7. The third-order valence-electron chi connectivity index (χ3n) is 3.74. The van der Waals surface area contributed by atoms with Crippen LogP contribution >= 0.6 is 11.8 Å². The maximum Gasteiger partial charge on any atom is 0.326 e. The van der Waals surface area contributed by atoms with E-state index < -0.39 is 5.54 Å². The highest BCUT2D eigenvalue weighted by atomic mass is 32.2. The number of carbonyl (C=O) groups is 1. The molecule has 0 radical (unpaired) electrons. The van der Waals surface area contributed by atoms with Gasteiger partial charge in [-0.05, 0) is 45.2 Å². The lowest BCUT2D eigenvalue weighted by Gasteiger charge is -2.30. The molecule has 0 aromatic heterocycles. The predicted molar refractivity (Wildman–Crippen MR) is 82.9 cm³/mol. The maximum absolute atomic E-state index is 13.7. The highest BCUT2D eigenvalue weighted by Crippen LogP contribution is 2.41. The SMILES string of the molecule is COC(=O)C1(NC(C)C)CCC(Sc2ccccc2F)C1. The summed E-state index contributed by atoms with van der Waals surface area (Å²) in [5.74, 6) is -0.414. The minimum atomic E-state index is -0.633. The first-order valence-corrected chi connectivity index (χ1v) is 8.12. The molecule has 1 aliphatic carbocycles. The summed E-state index contributed by atoms with van der Waals surface area (Å²) in [7, 11) is 1.42. The molecule has 0 saturated heterocycles. The number of halogens is 1. The van der Waals surface area contributed by atoms with Gasteiger partial charge in [0.15, 0.2) is 0 Å². The summed E-state index contributed by atoms with van der Waals surface area (Å²) in [6.07, 6.45) is 2.26. The van der Waals surface area contributed by atoms with Crippen LogP contribution in [-0.4, -0.2) is 29.9 Å². The molecule has 0 amide bonds. The van der Waals surface area contributed by atoms with Crippen molar-refractivity contribution >= 4 is 17.7 Å². The molecular weight excluding hydrogens is 289 g/mol. The van der Waals surface area contributed by atoms with Crippen molar-refractivity contribution in [2.24, 2.45) is 0 Å². The van der Waals surface area contributed by atoms with Crippen molar-refractivity contribution in [3.63, 3.8) is 0 Å². The Morgan fingerprint density at radius 1 is 1.48 bits per heavy atom. The van der Waals surface area contributed by atoms with Crippen LogP contribution in [0.5, 0.6) is 0 Å². The first kappa shape index (κ1) is 16.3. The minimum Gasteiger partial charge on any atom is -0.468 e. The molecule has 1 N–H and O–H groups in total. The van der Waals surface area contributed by atoms with Gasteiger partial charge in [0, 0.05) is 16.2 Å². The molecule has 2 unspecified atom stereocenters. The van der Waals surface area contributed by atoms with Crippen LogP contribution in [0.25, 0.3) is 0 Å². The molecule has 2 atom stereocenters. The summed E-state index contributed by atoms with van der Waals surface area (Å²) in [6.45, 7) is 4.03. The monoisotopic (exact) mass is 311 g/mol. The first-order valence-electron chi connectivity index (χ1n) is 7.24. The second-order valence-electron chi connectivity index (χ2n) is 5.79. The normalized spacial score (nSPS) is 25.3. The third kappa shape index (κ3) is 3.77. The Kier molecular flexibility index (Phi) is 5.27. The van der Waals surface area contributed by atoms with Crippen molar-refractivity contribution in [2.75, 3.05) is 7.11 Å². The van der Waals surface area contributed by atoms with Crippen molar-refractivity contribution in [3.05, 3.63) is 30.1 Å². The molecule has 2 rings (SSSR count). The fourth-order valence-corrected chi connectivity index (χ4v) is 4.24. The Balaban J connectivity index is 2.09. The number of hydrogen-bond acceptors (Lipinski definition) is 4. The molecule has 0 bridgehead atoms. The van der Waals surface area contributed by atoms with Gasteiger partial charge in [0.1, 0.15) is 11.4 Å².